The molecular weight excluding hydrogens is 303 g/mol. The molecule has 1 aromatic carbocycles. The molecule has 3 aromatic rings. The van der Waals surface area contributed by atoms with E-state index in [9.17, 15) is 0 Å². The molecular formula is C12H8Cl2N4S. The molecule has 3 rings (SSSR count). The lowest BCUT2D eigenvalue weighted by Crippen LogP contribution is -1.98. The maximum atomic E-state index is 6.15. The molecule has 0 saturated carbocycles. The van der Waals surface area contributed by atoms with Crippen molar-refractivity contribution in [1.82, 2.24) is 15.0 Å². The fourth-order valence-corrected chi connectivity index (χ4v) is 2.89. The van der Waals surface area contributed by atoms with E-state index in [1.165, 1.54) is 11.3 Å². The predicted octanol–water partition coefficient (Wildman–Crippen LogP) is 3.95. The van der Waals surface area contributed by atoms with Gasteiger partial charge in [0.05, 0.1) is 15.5 Å². The third-order valence-corrected chi connectivity index (χ3v) is 3.88. The standard InChI is InChI=1S/C12H8Cl2N4S/c1-5-16-9(4-19-5)12-17-10-7(11(15)18-12)2-6(13)3-8(10)14/h2-4H,1H3,(H2,15,17,18). The maximum Gasteiger partial charge on any atom is 0.181 e. The van der Waals surface area contributed by atoms with Crippen LogP contribution in [0.5, 0.6) is 0 Å². The van der Waals surface area contributed by atoms with Crippen molar-refractivity contribution in [1.29, 1.82) is 0 Å². The van der Waals surface area contributed by atoms with E-state index in [0.29, 0.717) is 38.3 Å². The van der Waals surface area contributed by atoms with Gasteiger partial charge < -0.3 is 5.73 Å². The zero-order valence-electron chi connectivity index (χ0n) is 9.82. The number of nitrogen functional groups attached to an aromatic ring is 1. The number of nitrogens with zero attached hydrogens (tertiary/aromatic N) is 3. The van der Waals surface area contributed by atoms with Gasteiger partial charge in [0.15, 0.2) is 5.82 Å². The molecule has 0 aliphatic rings. The van der Waals surface area contributed by atoms with Gasteiger partial charge in [-0.3, -0.25) is 0 Å². The minimum absolute atomic E-state index is 0.343. The Morgan fingerprint density at radius 2 is 1.95 bits per heavy atom. The summed E-state index contributed by atoms with van der Waals surface area (Å²) < 4.78 is 0. The molecule has 0 atom stereocenters. The lowest BCUT2D eigenvalue weighted by atomic mass is 10.2. The first-order valence-corrected chi connectivity index (χ1v) is 7.03. The van der Waals surface area contributed by atoms with Crippen LogP contribution in [0.15, 0.2) is 17.5 Å². The number of anilines is 1. The Morgan fingerprint density at radius 1 is 1.16 bits per heavy atom. The van der Waals surface area contributed by atoms with Crippen LogP contribution >= 0.6 is 34.5 Å². The lowest BCUT2D eigenvalue weighted by molar-refractivity contribution is 1.18. The second-order valence-corrected chi connectivity index (χ2v) is 5.87. The molecule has 0 unspecified atom stereocenters. The third kappa shape index (κ3) is 2.25. The number of halogens is 2. The van der Waals surface area contributed by atoms with Gasteiger partial charge in [-0.1, -0.05) is 23.2 Å². The van der Waals surface area contributed by atoms with E-state index in [-0.39, 0.29) is 0 Å². The quantitative estimate of drug-likeness (QED) is 0.739. The molecule has 0 spiro atoms. The molecule has 4 nitrogen and oxygen atoms in total. The van der Waals surface area contributed by atoms with Crippen LogP contribution in [0, 0.1) is 6.92 Å². The summed E-state index contributed by atoms with van der Waals surface area (Å²) in [5.41, 5.74) is 7.23. The number of hydrogen-bond donors (Lipinski definition) is 1. The summed E-state index contributed by atoms with van der Waals surface area (Å²) in [4.78, 5) is 13.0. The zero-order chi connectivity index (χ0) is 13.6. The van der Waals surface area contributed by atoms with E-state index >= 15 is 0 Å². The first-order valence-electron chi connectivity index (χ1n) is 5.39. The molecule has 0 aliphatic heterocycles. The molecule has 2 heterocycles. The number of thiazole rings is 1. The summed E-state index contributed by atoms with van der Waals surface area (Å²) >= 11 is 13.6. The van der Waals surface area contributed by atoms with Crippen LogP contribution in [-0.4, -0.2) is 15.0 Å². The van der Waals surface area contributed by atoms with E-state index in [1.807, 2.05) is 12.3 Å². The minimum Gasteiger partial charge on any atom is -0.383 e. The van der Waals surface area contributed by atoms with Gasteiger partial charge in [-0.25, -0.2) is 15.0 Å². The van der Waals surface area contributed by atoms with Crippen LogP contribution in [0.2, 0.25) is 10.0 Å². The van der Waals surface area contributed by atoms with E-state index in [0.717, 1.165) is 5.01 Å². The highest BCUT2D eigenvalue weighted by Crippen LogP contribution is 2.31. The Labute approximate surface area is 123 Å². The van der Waals surface area contributed by atoms with Crippen LogP contribution in [0.1, 0.15) is 5.01 Å². The van der Waals surface area contributed by atoms with Gasteiger partial charge in [0.1, 0.15) is 11.5 Å². The number of aryl methyl sites for hydroxylation is 1. The largest absolute Gasteiger partial charge is 0.383 e. The summed E-state index contributed by atoms with van der Waals surface area (Å²) in [5.74, 6) is 0.814. The van der Waals surface area contributed by atoms with Gasteiger partial charge >= 0.3 is 0 Å². The second kappa shape index (κ2) is 4.59. The van der Waals surface area contributed by atoms with Gasteiger partial charge in [0.25, 0.3) is 0 Å². The Balaban J connectivity index is 2.30. The molecule has 0 aliphatic carbocycles. The molecule has 19 heavy (non-hydrogen) atoms. The van der Waals surface area contributed by atoms with Crippen molar-refractivity contribution in [2.24, 2.45) is 0 Å². The van der Waals surface area contributed by atoms with Crippen molar-refractivity contribution in [2.45, 2.75) is 6.92 Å². The third-order valence-electron chi connectivity index (χ3n) is 2.60. The smallest absolute Gasteiger partial charge is 0.181 e. The Kier molecular flexibility index (Phi) is 3.05. The van der Waals surface area contributed by atoms with Crippen molar-refractivity contribution in [3.05, 3.63) is 32.6 Å². The monoisotopic (exact) mass is 310 g/mol. The van der Waals surface area contributed by atoms with Crippen molar-refractivity contribution in [3.63, 3.8) is 0 Å². The lowest BCUT2D eigenvalue weighted by Gasteiger charge is -2.06. The van der Waals surface area contributed by atoms with Crippen LogP contribution < -0.4 is 5.73 Å². The van der Waals surface area contributed by atoms with Gasteiger partial charge in [-0.05, 0) is 19.1 Å². The van der Waals surface area contributed by atoms with Crippen molar-refractivity contribution < 1.29 is 0 Å². The van der Waals surface area contributed by atoms with E-state index in [4.69, 9.17) is 28.9 Å². The SMILES string of the molecule is Cc1nc(-c2nc(N)c3cc(Cl)cc(Cl)c3n2)cs1. The first-order chi connectivity index (χ1) is 9.04. The molecule has 2 N–H and O–H groups in total. The van der Waals surface area contributed by atoms with E-state index in [1.54, 1.807) is 12.1 Å². The summed E-state index contributed by atoms with van der Waals surface area (Å²) in [7, 11) is 0. The molecule has 7 heteroatoms. The average Bonchev–Trinajstić information content (AvgIpc) is 2.77. The summed E-state index contributed by atoms with van der Waals surface area (Å²) in [5, 5.41) is 4.43. The molecule has 96 valence electrons. The molecule has 0 bridgehead atoms. The number of fused-ring (bicyclic) bond motifs is 1. The predicted molar refractivity (Wildman–Crippen MR) is 79.8 cm³/mol. The molecule has 0 amide bonds. The van der Waals surface area contributed by atoms with Gasteiger partial charge in [-0.15, -0.1) is 11.3 Å². The van der Waals surface area contributed by atoms with E-state index < -0.39 is 0 Å². The summed E-state index contributed by atoms with van der Waals surface area (Å²) in [6.45, 7) is 1.92. The fourth-order valence-electron chi connectivity index (χ4n) is 1.76. The van der Waals surface area contributed by atoms with Crippen molar-refractivity contribution in [3.8, 4) is 11.5 Å². The maximum absolute atomic E-state index is 6.15. The molecule has 0 fully saturated rings. The molecule has 0 saturated heterocycles. The van der Waals surface area contributed by atoms with E-state index in [2.05, 4.69) is 15.0 Å². The fraction of sp³-hybridized carbons (Fsp3) is 0.0833. The Morgan fingerprint density at radius 3 is 2.63 bits per heavy atom. The van der Waals surface area contributed by atoms with Crippen LogP contribution in [0.25, 0.3) is 22.4 Å². The van der Waals surface area contributed by atoms with Crippen LogP contribution in [0.4, 0.5) is 5.82 Å². The Hall–Kier alpha value is -1.43. The van der Waals surface area contributed by atoms with Crippen LogP contribution in [0.3, 0.4) is 0 Å². The number of benzene rings is 1. The van der Waals surface area contributed by atoms with Gasteiger partial charge in [0.2, 0.25) is 0 Å². The topological polar surface area (TPSA) is 64.7 Å². The second-order valence-electron chi connectivity index (χ2n) is 3.97. The summed E-state index contributed by atoms with van der Waals surface area (Å²) in [6.07, 6.45) is 0. The van der Waals surface area contributed by atoms with Crippen molar-refractivity contribution in [2.75, 3.05) is 5.73 Å². The highest BCUT2D eigenvalue weighted by molar-refractivity contribution is 7.09. The normalized spacial score (nSPS) is 11.1. The van der Waals surface area contributed by atoms with Crippen LogP contribution in [-0.2, 0) is 0 Å². The number of hydrogen-bond acceptors (Lipinski definition) is 5. The number of nitrogens with two attached hydrogens (primary N) is 1. The average molecular weight is 311 g/mol. The molecule has 0 radical (unpaired) electrons. The highest BCUT2D eigenvalue weighted by atomic mass is 35.5. The number of aromatic nitrogens is 3. The number of rotatable bonds is 1. The van der Waals surface area contributed by atoms with Crippen molar-refractivity contribution >= 4 is 51.3 Å². The van der Waals surface area contributed by atoms with Gasteiger partial charge in [0, 0.05) is 15.8 Å². The zero-order valence-corrected chi connectivity index (χ0v) is 12.1. The Bertz CT molecular complexity index is 785. The summed E-state index contributed by atoms with van der Waals surface area (Å²) in [6, 6.07) is 3.34. The molecule has 2 aromatic heterocycles. The minimum atomic E-state index is 0.343. The van der Waals surface area contributed by atoms with Gasteiger partial charge in [-0.2, -0.15) is 0 Å². The highest BCUT2D eigenvalue weighted by Gasteiger charge is 2.12. The first kappa shape index (κ1) is 12.6.